The lowest BCUT2D eigenvalue weighted by atomic mass is 10.1. The van der Waals surface area contributed by atoms with Crippen LogP contribution in [-0.2, 0) is 4.74 Å². The van der Waals surface area contributed by atoms with Crippen molar-refractivity contribution in [2.24, 2.45) is 0 Å². The zero-order chi connectivity index (χ0) is 17.5. The van der Waals surface area contributed by atoms with Gasteiger partial charge in [0.05, 0.1) is 40.0 Å². The third-order valence-corrected chi connectivity index (χ3v) is 5.57. The van der Waals surface area contributed by atoms with Gasteiger partial charge in [0.15, 0.2) is 17.9 Å². The van der Waals surface area contributed by atoms with Gasteiger partial charge in [-0.25, -0.2) is 9.97 Å². The predicted octanol–water partition coefficient (Wildman–Crippen LogP) is 3.13. The highest BCUT2D eigenvalue weighted by molar-refractivity contribution is 7.21. The van der Waals surface area contributed by atoms with Gasteiger partial charge in [-0.15, -0.1) is 11.3 Å². The van der Waals surface area contributed by atoms with Crippen molar-refractivity contribution in [2.75, 3.05) is 31.2 Å². The monoisotopic (exact) mass is 367 g/mol. The second kappa shape index (κ2) is 6.15. The predicted molar refractivity (Wildman–Crippen MR) is 103 cm³/mol. The number of benzene rings is 1. The number of nitrogens with zero attached hydrogens (tertiary/aromatic N) is 4. The molecule has 7 nitrogen and oxygen atoms in total. The van der Waals surface area contributed by atoms with Gasteiger partial charge in [0, 0.05) is 25.5 Å². The van der Waals surface area contributed by atoms with Crippen molar-refractivity contribution < 1.29 is 11.0 Å². The number of thiophene rings is 1. The number of hydrogen-bond acceptors (Lipinski definition) is 7. The van der Waals surface area contributed by atoms with Crippen molar-refractivity contribution >= 4 is 44.6 Å². The Balaban J connectivity index is 0.00000180. The number of carbonyl (C=O) groups excluding carboxylic acids is 1. The number of hydrogen-bond donors (Lipinski definition) is 1. The Kier molecular flexibility index (Phi) is 3.65. The Morgan fingerprint density at radius 1 is 1.27 bits per heavy atom. The molecular weight excluding hydrogens is 350 g/mol. The fourth-order valence-electron chi connectivity index (χ4n) is 3.26. The molecule has 8 heteroatoms. The Morgan fingerprint density at radius 2 is 2.15 bits per heavy atom. The number of morpholine rings is 1. The van der Waals surface area contributed by atoms with E-state index in [9.17, 15) is 4.79 Å². The number of rotatable bonds is 3. The summed E-state index contributed by atoms with van der Waals surface area (Å²) in [5, 5.41) is 8.09. The van der Waals surface area contributed by atoms with Crippen LogP contribution in [-0.4, -0.2) is 52.8 Å². The van der Waals surface area contributed by atoms with E-state index >= 15 is 0 Å². The molecule has 1 aromatic carbocycles. The molecular formula is C18H17N5O2S. The number of aldehydes is 1. The lowest BCUT2D eigenvalue weighted by molar-refractivity contribution is 0.112. The topological polar surface area (TPSA) is 84.0 Å². The molecule has 4 heterocycles. The summed E-state index contributed by atoms with van der Waals surface area (Å²) in [7, 11) is 0. The lowest BCUT2D eigenvalue weighted by Gasteiger charge is -2.28. The zero-order valence-electron chi connectivity index (χ0n) is 13.8. The summed E-state index contributed by atoms with van der Waals surface area (Å²) in [6.07, 6.45) is 2.66. The second-order valence-electron chi connectivity index (χ2n) is 6.09. The van der Waals surface area contributed by atoms with E-state index in [-0.39, 0.29) is 1.43 Å². The summed E-state index contributed by atoms with van der Waals surface area (Å²) in [6.45, 7) is 2.89. The van der Waals surface area contributed by atoms with E-state index in [1.54, 1.807) is 6.20 Å². The number of H-pyrrole nitrogens is 1. The first-order valence-corrected chi connectivity index (χ1v) is 9.17. The maximum atomic E-state index is 11.3. The third-order valence-electron chi connectivity index (χ3n) is 4.53. The van der Waals surface area contributed by atoms with Crippen LogP contribution in [0.4, 0.5) is 5.82 Å². The standard InChI is InChI=1S/C18H15N5O2S.H2/c24-10-11-8-15-16(26-11)18(23-4-6-25-7-5-23)21-17(20-15)12-2-1-3-14-13(12)9-19-22-14;/h1-3,8-10H,4-7H2,(H,19,22);1H. The number of ether oxygens (including phenoxy) is 1. The van der Waals surface area contributed by atoms with Gasteiger partial charge in [-0.3, -0.25) is 9.89 Å². The van der Waals surface area contributed by atoms with Crippen LogP contribution in [0, 0.1) is 0 Å². The van der Waals surface area contributed by atoms with Gasteiger partial charge in [0.25, 0.3) is 0 Å². The van der Waals surface area contributed by atoms with E-state index in [0.29, 0.717) is 23.9 Å². The van der Waals surface area contributed by atoms with Gasteiger partial charge in [-0.2, -0.15) is 5.10 Å². The SMILES string of the molecule is O=Cc1cc2nc(-c3cccc4[nH]ncc34)nc(N3CCOCC3)c2s1.[HH]. The molecule has 132 valence electrons. The first-order chi connectivity index (χ1) is 12.8. The molecule has 5 rings (SSSR count). The number of anilines is 1. The molecule has 1 N–H and O–H groups in total. The molecule has 0 atom stereocenters. The molecule has 0 aliphatic carbocycles. The molecule has 1 saturated heterocycles. The van der Waals surface area contributed by atoms with E-state index in [1.165, 1.54) is 11.3 Å². The van der Waals surface area contributed by atoms with Crippen molar-refractivity contribution in [3.05, 3.63) is 35.3 Å². The summed E-state index contributed by atoms with van der Waals surface area (Å²) in [5.41, 5.74) is 2.66. The van der Waals surface area contributed by atoms with E-state index in [4.69, 9.17) is 14.7 Å². The van der Waals surface area contributed by atoms with Crippen molar-refractivity contribution in [1.82, 2.24) is 20.2 Å². The number of aromatic amines is 1. The molecule has 1 aliphatic heterocycles. The fraction of sp³-hybridized carbons (Fsp3) is 0.222. The van der Waals surface area contributed by atoms with Crippen LogP contribution in [0.3, 0.4) is 0 Å². The Morgan fingerprint density at radius 3 is 3.00 bits per heavy atom. The second-order valence-corrected chi connectivity index (χ2v) is 7.17. The number of fused-ring (bicyclic) bond motifs is 2. The molecule has 1 aliphatic rings. The molecule has 0 saturated carbocycles. The number of carbonyl (C=O) groups is 1. The van der Waals surface area contributed by atoms with Crippen molar-refractivity contribution in [2.45, 2.75) is 0 Å². The summed E-state index contributed by atoms with van der Waals surface area (Å²) in [5.74, 6) is 1.51. The average Bonchev–Trinajstić information content (AvgIpc) is 3.34. The smallest absolute Gasteiger partial charge is 0.162 e. The van der Waals surface area contributed by atoms with Gasteiger partial charge < -0.3 is 9.64 Å². The van der Waals surface area contributed by atoms with Crippen LogP contribution in [0.1, 0.15) is 11.1 Å². The van der Waals surface area contributed by atoms with Gasteiger partial charge in [0.1, 0.15) is 0 Å². The van der Waals surface area contributed by atoms with Crippen LogP contribution in [0.15, 0.2) is 30.5 Å². The number of nitrogens with one attached hydrogen (secondary N) is 1. The molecule has 0 spiro atoms. The Bertz CT molecular complexity index is 1120. The van der Waals surface area contributed by atoms with Crippen molar-refractivity contribution in [1.29, 1.82) is 0 Å². The lowest BCUT2D eigenvalue weighted by Crippen LogP contribution is -2.36. The van der Waals surface area contributed by atoms with Gasteiger partial charge in [-0.05, 0) is 12.1 Å². The van der Waals surface area contributed by atoms with Crippen LogP contribution < -0.4 is 4.90 Å². The van der Waals surface area contributed by atoms with Gasteiger partial charge in [0.2, 0.25) is 0 Å². The van der Waals surface area contributed by atoms with E-state index in [0.717, 1.165) is 51.9 Å². The van der Waals surface area contributed by atoms with E-state index in [2.05, 4.69) is 15.1 Å². The minimum Gasteiger partial charge on any atom is -0.378 e. The normalized spacial score (nSPS) is 15.0. The van der Waals surface area contributed by atoms with E-state index < -0.39 is 0 Å². The highest BCUT2D eigenvalue weighted by atomic mass is 32.1. The minimum absolute atomic E-state index is 0. The van der Waals surface area contributed by atoms with Crippen molar-refractivity contribution in [3.63, 3.8) is 0 Å². The maximum Gasteiger partial charge on any atom is 0.162 e. The molecule has 26 heavy (non-hydrogen) atoms. The fourth-order valence-corrected chi connectivity index (χ4v) is 4.19. The molecule has 0 amide bonds. The molecule has 1 fully saturated rings. The maximum absolute atomic E-state index is 11.3. The molecule has 3 aromatic heterocycles. The largest absolute Gasteiger partial charge is 0.378 e. The van der Waals surface area contributed by atoms with Crippen LogP contribution >= 0.6 is 11.3 Å². The Labute approximate surface area is 154 Å². The molecule has 4 aromatic rings. The van der Waals surface area contributed by atoms with Gasteiger partial charge >= 0.3 is 0 Å². The van der Waals surface area contributed by atoms with Crippen molar-refractivity contribution in [3.8, 4) is 11.4 Å². The first-order valence-electron chi connectivity index (χ1n) is 8.35. The average molecular weight is 367 g/mol. The van der Waals surface area contributed by atoms with Crippen LogP contribution in [0.5, 0.6) is 0 Å². The summed E-state index contributed by atoms with van der Waals surface area (Å²) in [4.78, 5) is 23.8. The molecule has 0 bridgehead atoms. The first kappa shape index (κ1) is 15.4. The van der Waals surface area contributed by atoms with E-state index in [1.807, 2.05) is 24.3 Å². The highest BCUT2D eigenvalue weighted by Gasteiger charge is 2.20. The number of aromatic nitrogens is 4. The summed E-state index contributed by atoms with van der Waals surface area (Å²) < 4.78 is 6.41. The van der Waals surface area contributed by atoms with Crippen LogP contribution in [0.2, 0.25) is 0 Å². The molecule has 0 unspecified atom stereocenters. The summed E-state index contributed by atoms with van der Waals surface area (Å²) in [6, 6.07) is 7.76. The quantitative estimate of drug-likeness (QED) is 0.560. The van der Waals surface area contributed by atoms with Gasteiger partial charge in [-0.1, -0.05) is 12.1 Å². The highest BCUT2D eigenvalue weighted by Crippen LogP contribution is 2.35. The zero-order valence-corrected chi connectivity index (χ0v) is 14.6. The minimum atomic E-state index is 0. The third kappa shape index (κ3) is 2.46. The van der Waals surface area contributed by atoms with Crippen LogP contribution in [0.25, 0.3) is 32.5 Å². The molecule has 0 radical (unpaired) electrons. The Hall–Kier alpha value is -2.84. The summed E-state index contributed by atoms with van der Waals surface area (Å²) >= 11 is 1.43.